The predicted octanol–water partition coefficient (Wildman–Crippen LogP) is 1.40. The number of carbonyl (C=O) groups is 2. The molecule has 2 N–H and O–H groups in total. The molecule has 0 aliphatic carbocycles. The zero-order valence-electron chi connectivity index (χ0n) is 9.53. The van der Waals surface area contributed by atoms with Gasteiger partial charge in [-0.05, 0) is 18.2 Å². The number of hydrogen-bond donors (Lipinski definition) is 1. The molecule has 0 spiro atoms. The second-order valence-electron chi connectivity index (χ2n) is 3.86. The van der Waals surface area contributed by atoms with E-state index in [0.29, 0.717) is 10.6 Å². The summed E-state index contributed by atoms with van der Waals surface area (Å²) >= 11 is 0. The number of benzene rings is 1. The molecule has 1 aliphatic rings. The fraction of sp³-hybridized carbons (Fsp3) is 0.273. The van der Waals surface area contributed by atoms with Gasteiger partial charge < -0.3 is 5.73 Å². The quantitative estimate of drug-likeness (QED) is 0.668. The smallest absolute Gasteiger partial charge is 0.399 e. The Morgan fingerprint density at radius 2 is 1.79 bits per heavy atom. The Labute approximate surface area is 105 Å². The fourth-order valence-corrected chi connectivity index (χ4v) is 1.76. The summed E-state index contributed by atoms with van der Waals surface area (Å²) in [5, 5.41) is 0. The van der Waals surface area contributed by atoms with Gasteiger partial charge in [-0.25, -0.2) is 0 Å². The predicted molar refractivity (Wildman–Crippen MR) is 58.2 cm³/mol. The van der Waals surface area contributed by atoms with Gasteiger partial charge in [0.2, 0.25) is 0 Å². The van der Waals surface area contributed by atoms with Gasteiger partial charge in [0.15, 0.2) is 0 Å². The number of nitrogens with two attached hydrogens (primary N) is 1. The van der Waals surface area contributed by atoms with E-state index in [1.165, 1.54) is 18.2 Å². The van der Waals surface area contributed by atoms with E-state index < -0.39 is 31.3 Å². The minimum Gasteiger partial charge on any atom is -0.399 e. The van der Waals surface area contributed by atoms with E-state index in [1.54, 1.807) is 0 Å². The van der Waals surface area contributed by atoms with Crippen LogP contribution in [0.2, 0.25) is 0 Å². The van der Waals surface area contributed by atoms with Gasteiger partial charge in [0.1, 0.15) is 0 Å². The van der Waals surface area contributed by atoms with Crippen molar-refractivity contribution in [2.75, 3.05) is 18.9 Å². The molecule has 0 radical (unpaired) electrons. The van der Waals surface area contributed by atoms with Gasteiger partial charge in [-0.15, -0.1) is 13.2 Å². The van der Waals surface area contributed by atoms with Crippen LogP contribution >= 0.6 is 0 Å². The Kier molecular flexibility index (Phi) is 3.19. The molecule has 0 unspecified atom stereocenters. The number of nitrogens with zero attached hydrogens (tertiary/aromatic N) is 1. The Morgan fingerprint density at radius 1 is 1.16 bits per heavy atom. The summed E-state index contributed by atoms with van der Waals surface area (Å²) in [6.45, 7) is -1.27. The molecule has 19 heavy (non-hydrogen) atoms. The molecule has 2 amide bonds. The third-order valence-electron chi connectivity index (χ3n) is 2.58. The van der Waals surface area contributed by atoms with Gasteiger partial charge in [-0.3, -0.25) is 19.2 Å². The Morgan fingerprint density at radius 3 is 2.42 bits per heavy atom. The number of rotatable bonds is 3. The van der Waals surface area contributed by atoms with Crippen LogP contribution in [0.15, 0.2) is 18.2 Å². The van der Waals surface area contributed by atoms with Gasteiger partial charge in [0.25, 0.3) is 11.8 Å². The maximum atomic E-state index is 11.8. The molecule has 0 aromatic heterocycles. The number of alkyl halides is 3. The maximum Gasteiger partial charge on any atom is 0.522 e. The van der Waals surface area contributed by atoms with Gasteiger partial charge in [0, 0.05) is 5.69 Å². The molecular formula is C11H9F3N2O3. The van der Waals surface area contributed by atoms with Crippen LogP contribution in [-0.4, -0.2) is 36.2 Å². The summed E-state index contributed by atoms with van der Waals surface area (Å²) < 4.78 is 39.0. The highest BCUT2D eigenvalue weighted by atomic mass is 19.4. The van der Waals surface area contributed by atoms with Crippen molar-refractivity contribution in [2.45, 2.75) is 6.36 Å². The zero-order chi connectivity index (χ0) is 14.2. The standard InChI is InChI=1S/C11H9F3N2O3/c12-11(13,14)19-4-3-16-9(17)7-2-1-6(15)5-8(7)10(16)18/h1-2,5H,3-4,15H2. The Bertz CT molecular complexity index is 542. The first-order chi connectivity index (χ1) is 8.79. The van der Waals surface area contributed by atoms with Gasteiger partial charge in [0.05, 0.1) is 24.3 Å². The number of ether oxygens (including phenoxy) is 1. The van der Waals surface area contributed by atoms with Crippen molar-refractivity contribution in [1.29, 1.82) is 0 Å². The first-order valence-corrected chi connectivity index (χ1v) is 5.26. The molecule has 1 aromatic carbocycles. The number of fused-ring (bicyclic) bond motifs is 1. The SMILES string of the molecule is Nc1ccc2c(c1)C(=O)N(CCOC(F)(F)F)C2=O. The highest BCUT2D eigenvalue weighted by Crippen LogP contribution is 2.25. The van der Waals surface area contributed by atoms with Gasteiger partial charge >= 0.3 is 6.36 Å². The first-order valence-electron chi connectivity index (χ1n) is 5.26. The van der Waals surface area contributed by atoms with Crippen LogP contribution in [0.4, 0.5) is 18.9 Å². The number of nitrogen functional groups attached to an aromatic ring is 1. The molecule has 0 atom stereocenters. The molecule has 5 nitrogen and oxygen atoms in total. The van der Waals surface area contributed by atoms with Crippen LogP contribution in [0.1, 0.15) is 20.7 Å². The Balaban J connectivity index is 2.10. The highest BCUT2D eigenvalue weighted by Gasteiger charge is 2.36. The second kappa shape index (κ2) is 4.54. The van der Waals surface area contributed by atoms with Crippen molar-refractivity contribution in [3.8, 4) is 0 Å². The van der Waals surface area contributed by atoms with E-state index in [4.69, 9.17) is 5.73 Å². The average molecular weight is 274 g/mol. The lowest BCUT2D eigenvalue weighted by atomic mass is 10.1. The molecule has 102 valence electrons. The minimum absolute atomic E-state index is 0.0945. The van der Waals surface area contributed by atoms with Crippen molar-refractivity contribution in [3.63, 3.8) is 0 Å². The molecule has 0 saturated carbocycles. The molecule has 1 aliphatic heterocycles. The van der Waals surface area contributed by atoms with E-state index in [2.05, 4.69) is 4.74 Å². The van der Waals surface area contributed by atoms with Crippen LogP contribution in [0, 0.1) is 0 Å². The molecule has 1 aromatic rings. The van der Waals surface area contributed by atoms with E-state index in [-0.39, 0.29) is 11.1 Å². The fourth-order valence-electron chi connectivity index (χ4n) is 1.76. The Hall–Kier alpha value is -2.09. The van der Waals surface area contributed by atoms with Crippen LogP contribution < -0.4 is 5.73 Å². The topological polar surface area (TPSA) is 72.6 Å². The van der Waals surface area contributed by atoms with Crippen LogP contribution in [0.25, 0.3) is 0 Å². The highest BCUT2D eigenvalue weighted by molar-refractivity contribution is 6.21. The average Bonchev–Trinajstić information content (AvgIpc) is 2.52. The third kappa shape index (κ3) is 2.68. The van der Waals surface area contributed by atoms with Crippen molar-refractivity contribution in [2.24, 2.45) is 0 Å². The van der Waals surface area contributed by atoms with Gasteiger partial charge in [-0.1, -0.05) is 0 Å². The summed E-state index contributed by atoms with van der Waals surface area (Å²) in [5.41, 5.74) is 6.01. The van der Waals surface area contributed by atoms with E-state index in [0.717, 1.165) is 0 Å². The number of amides is 2. The molecule has 0 bridgehead atoms. The molecule has 0 fully saturated rings. The molecule has 8 heteroatoms. The molecule has 2 rings (SSSR count). The van der Waals surface area contributed by atoms with Crippen LogP contribution in [-0.2, 0) is 4.74 Å². The van der Waals surface area contributed by atoms with Crippen molar-refractivity contribution >= 4 is 17.5 Å². The lowest BCUT2D eigenvalue weighted by Gasteiger charge is -2.14. The monoisotopic (exact) mass is 274 g/mol. The van der Waals surface area contributed by atoms with Crippen molar-refractivity contribution in [3.05, 3.63) is 29.3 Å². The number of imide groups is 1. The molecule has 1 heterocycles. The first kappa shape index (κ1) is 13.3. The largest absolute Gasteiger partial charge is 0.522 e. The van der Waals surface area contributed by atoms with Crippen LogP contribution in [0.5, 0.6) is 0 Å². The normalized spacial score (nSPS) is 15.0. The zero-order valence-corrected chi connectivity index (χ0v) is 9.53. The molecular weight excluding hydrogens is 265 g/mol. The summed E-state index contributed by atoms with van der Waals surface area (Å²) in [5.74, 6) is -1.32. The number of halogens is 3. The minimum atomic E-state index is -4.79. The summed E-state index contributed by atoms with van der Waals surface area (Å²) in [4.78, 5) is 24.3. The number of hydrogen-bond acceptors (Lipinski definition) is 4. The lowest BCUT2D eigenvalue weighted by Crippen LogP contribution is -2.34. The van der Waals surface area contributed by atoms with Crippen molar-refractivity contribution in [1.82, 2.24) is 4.90 Å². The summed E-state index contributed by atoms with van der Waals surface area (Å²) in [6, 6.07) is 4.13. The summed E-state index contributed by atoms with van der Waals surface area (Å²) in [7, 11) is 0. The lowest BCUT2D eigenvalue weighted by molar-refractivity contribution is -0.324. The van der Waals surface area contributed by atoms with Crippen LogP contribution in [0.3, 0.4) is 0 Å². The number of anilines is 1. The summed E-state index contributed by atoms with van der Waals surface area (Å²) in [6.07, 6.45) is -4.79. The third-order valence-corrected chi connectivity index (χ3v) is 2.58. The second-order valence-corrected chi connectivity index (χ2v) is 3.86. The van der Waals surface area contributed by atoms with E-state index in [1.807, 2.05) is 0 Å². The van der Waals surface area contributed by atoms with Gasteiger partial charge in [-0.2, -0.15) is 0 Å². The maximum absolute atomic E-state index is 11.8. The van der Waals surface area contributed by atoms with Crippen molar-refractivity contribution < 1.29 is 27.5 Å². The number of carbonyl (C=O) groups excluding carboxylic acids is 2. The molecule has 0 saturated heterocycles. The van der Waals surface area contributed by atoms with E-state index in [9.17, 15) is 22.8 Å². The van der Waals surface area contributed by atoms with E-state index >= 15 is 0 Å².